The molecule has 0 saturated carbocycles. The van der Waals surface area contributed by atoms with Crippen LogP contribution < -0.4 is 18.9 Å². The number of carbonyl (C=O) groups is 1. The summed E-state index contributed by atoms with van der Waals surface area (Å²) >= 11 is 0. The summed E-state index contributed by atoms with van der Waals surface area (Å²) in [5, 5.41) is 11.3. The molecule has 4 rings (SSSR count). The zero-order chi connectivity index (χ0) is 24.9. The van der Waals surface area contributed by atoms with Crippen molar-refractivity contribution < 1.29 is 28.7 Å². The largest absolute Gasteiger partial charge is 0.497 e. The van der Waals surface area contributed by atoms with E-state index in [1.165, 1.54) is 12.1 Å². The number of carbonyl (C=O) groups excluding carboxylic acids is 1. The predicted molar refractivity (Wildman–Crippen MR) is 128 cm³/mol. The number of likely N-dealkylation sites (tertiary alicyclic amines) is 1. The molecule has 0 N–H and O–H groups in total. The molecule has 3 aromatic rings. The lowest BCUT2D eigenvalue weighted by Gasteiger charge is -2.46. The fourth-order valence-corrected chi connectivity index (χ4v) is 4.14. The molecule has 9 nitrogen and oxygen atoms in total. The minimum absolute atomic E-state index is 0.0371. The van der Waals surface area contributed by atoms with E-state index in [0.29, 0.717) is 41.5 Å². The fourth-order valence-electron chi connectivity index (χ4n) is 4.14. The maximum absolute atomic E-state index is 13.1. The van der Waals surface area contributed by atoms with Crippen molar-refractivity contribution in [2.24, 2.45) is 0 Å². The first kappa shape index (κ1) is 23.9. The molecule has 1 heterocycles. The van der Waals surface area contributed by atoms with Gasteiger partial charge < -0.3 is 23.8 Å². The van der Waals surface area contributed by atoms with Gasteiger partial charge in [0.2, 0.25) is 6.10 Å². The van der Waals surface area contributed by atoms with Crippen molar-refractivity contribution >= 4 is 11.6 Å². The van der Waals surface area contributed by atoms with E-state index >= 15 is 0 Å². The van der Waals surface area contributed by atoms with Crippen LogP contribution in [0.3, 0.4) is 0 Å². The summed E-state index contributed by atoms with van der Waals surface area (Å²) < 4.78 is 21.9. The van der Waals surface area contributed by atoms with Gasteiger partial charge in [-0.25, -0.2) is 0 Å². The van der Waals surface area contributed by atoms with E-state index in [4.69, 9.17) is 18.9 Å². The lowest BCUT2D eigenvalue weighted by atomic mass is 9.89. The summed E-state index contributed by atoms with van der Waals surface area (Å²) in [6.07, 6.45) is -0.233. The second-order valence-corrected chi connectivity index (χ2v) is 7.98. The van der Waals surface area contributed by atoms with Crippen LogP contribution in [0.4, 0.5) is 5.69 Å². The molecule has 2 atom stereocenters. The highest BCUT2D eigenvalue weighted by Gasteiger charge is 2.50. The number of nitro groups is 1. The summed E-state index contributed by atoms with van der Waals surface area (Å²) in [7, 11) is 4.71. The highest BCUT2D eigenvalue weighted by molar-refractivity contribution is 5.89. The van der Waals surface area contributed by atoms with E-state index in [2.05, 4.69) is 0 Å². The van der Waals surface area contributed by atoms with Crippen LogP contribution in [0.15, 0.2) is 66.7 Å². The van der Waals surface area contributed by atoms with Crippen LogP contribution in [-0.4, -0.2) is 49.7 Å². The normalized spacial score (nSPS) is 16.9. The Morgan fingerprint density at radius 3 is 2.26 bits per heavy atom. The van der Waals surface area contributed by atoms with E-state index in [-0.39, 0.29) is 11.6 Å². The molecule has 182 valence electrons. The number of non-ortho nitro benzene ring substituents is 1. The first-order valence-corrected chi connectivity index (χ1v) is 11.0. The zero-order valence-electron chi connectivity index (χ0n) is 19.7. The van der Waals surface area contributed by atoms with Crippen molar-refractivity contribution in [3.8, 4) is 23.0 Å². The number of rotatable bonds is 10. The van der Waals surface area contributed by atoms with Gasteiger partial charge in [0.25, 0.3) is 11.6 Å². The van der Waals surface area contributed by atoms with Crippen molar-refractivity contribution in [1.82, 2.24) is 4.90 Å². The number of nitrogens with zero attached hydrogens (tertiary/aromatic N) is 2. The molecule has 0 unspecified atom stereocenters. The number of benzene rings is 3. The van der Waals surface area contributed by atoms with Crippen molar-refractivity contribution in [2.45, 2.75) is 18.6 Å². The molecule has 1 aliphatic heterocycles. The molecule has 1 fully saturated rings. The van der Waals surface area contributed by atoms with Crippen molar-refractivity contribution in [3.63, 3.8) is 0 Å². The number of amides is 1. The SMILES string of the molecule is COc1ccc(O[C@@H]2C(=O)N(CCc3ccc(OC)c(OC)c3)[C@@H]2c2cccc([N+](=O)[O-])c2)cc1. The Morgan fingerprint density at radius 2 is 1.60 bits per heavy atom. The molecule has 9 heteroatoms. The standard InChI is InChI=1S/C26H26N2O7/c1-32-20-8-10-21(11-9-20)35-25-24(18-5-4-6-19(16-18)28(30)31)27(26(25)29)14-13-17-7-12-22(33-2)23(15-17)34-3/h4-12,15-16,24-25H,13-14H2,1-3H3/t24-,25+/m1/s1. The smallest absolute Gasteiger partial charge is 0.269 e. The number of β-lactam (4-membered cyclic amide) rings is 1. The number of hydrogen-bond donors (Lipinski definition) is 0. The van der Waals surface area contributed by atoms with Crippen molar-refractivity contribution in [1.29, 1.82) is 0 Å². The molecule has 0 bridgehead atoms. The van der Waals surface area contributed by atoms with Gasteiger partial charge in [-0.3, -0.25) is 14.9 Å². The Kier molecular flexibility index (Phi) is 7.05. The molecule has 0 aliphatic carbocycles. The molecule has 1 aliphatic rings. The van der Waals surface area contributed by atoms with Gasteiger partial charge in [0.05, 0.1) is 26.3 Å². The topological polar surface area (TPSA) is 100 Å². The lowest BCUT2D eigenvalue weighted by molar-refractivity contribution is -0.385. The number of hydrogen-bond acceptors (Lipinski definition) is 7. The van der Waals surface area contributed by atoms with Gasteiger partial charge in [-0.05, 0) is 53.9 Å². The van der Waals surface area contributed by atoms with Crippen LogP contribution in [0.5, 0.6) is 23.0 Å². The predicted octanol–water partition coefficient (Wildman–Crippen LogP) is 4.19. The number of methoxy groups -OCH3 is 3. The minimum atomic E-state index is -0.796. The van der Waals surface area contributed by atoms with Crippen LogP contribution in [0, 0.1) is 10.1 Å². The molecule has 0 spiro atoms. The molecular formula is C26H26N2O7. The van der Waals surface area contributed by atoms with Crippen LogP contribution >= 0.6 is 0 Å². The van der Waals surface area contributed by atoms with Gasteiger partial charge in [0.15, 0.2) is 11.5 Å². The quantitative estimate of drug-likeness (QED) is 0.245. The highest BCUT2D eigenvalue weighted by atomic mass is 16.6. The van der Waals surface area contributed by atoms with Gasteiger partial charge in [0, 0.05) is 18.7 Å². The van der Waals surface area contributed by atoms with Crippen LogP contribution in [0.25, 0.3) is 0 Å². The minimum Gasteiger partial charge on any atom is -0.497 e. The van der Waals surface area contributed by atoms with E-state index in [1.807, 2.05) is 18.2 Å². The molecule has 1 amide bonds. The summed E-state index contributed by atoms with van der Waals surface area (Å²) in [5.74, 6) is 2.23. The Labute approximate surface area is 202 Å². The van der Waals surface area contributed by atoms with Gasteiger partial charge in [-0.1, -0.05) is 18.2 Å². The van der Waals surface area contributed by atoms with E-state index in [1.54, 1.807) is 62.6 Å². The summed E-state index contributed by atoms with van der Waals surface area (Å²) in [6, 6.07) is 18.4. The third kappa shape index (κ3) is 4.98. The van der Waals surface area contributed by atoms with Gasteiger partial charge in [-0.2, -0.15) is 0 Å². The second kappa shape index (κ2) is 10.3. The van der Waals surface area contributed by atoms with Crippen molar-refractivity contribution in [3.05, 3.63) is 88.0 Å². The fraction of sp³-hybridized carbons (Fsp3) is 0.269. The maximum atomic E-state index is 13.1. The van der Waals surface area contributed by atoms with E-state index in [9.17, 15) is 14.9 Å². The Morgan fingerprint density at radius 1 is 0.886 bits per heavy atom. The first-order chi connectivity index (χ1) is 16.9. The first-order valence-electron chi connectivity index (χ1n) is 11.0. The maximum Gasteiger partial charge on any atom is 0.269 e. The third-order valence-corrected chi connectivity index (χ3v) is 5.98. The van der Waals surface area contributed by atoms with Crippen LogP contribution in [0.2, 0.25) is 0 Å². The number of ether oxygens (including phenoxy) is 4. The summed E-state index contributed by atoms with van der Waals surface area (Å²) in [6.45, 7) is 0.407. The molecule has 1 saturated heterocycles. The van der Waals surface area contributed by atoms with Gasteiger partial charge in [0.1, 0.15) is 17.5 Å². The highest BCUT2D eigenvalue weighted by Crippen LogP contribution is 2.39. The third-order valence-electron chi connectivity index (χ3n) is 5.98. The number of nitro benzene ring substituents is 1. The van der Waals surface area contributed by atoms with E-state index < -0.39 is 17.1 Å². The molecular weight excluding hydrogens is 452 g/mol. The monoisotopic (exact) mass is 478 g/mol. The molecule has 35 heavy (non-hydrogen) atoms. The van der Waals surface area contributed by atoms with Gasteiger partial charge in [-0.15, -0.1) is 0 Å². The lowest BCUT2D eigenvalue weighted by Crippen LogP contribution is -2.61. The molecule has 0 aromatic heterocycles. The zero-order valence-corrected chi connectivity index (χ0v) is 19.7. The Balaban J connectivity index is 1.57. The average Bonchev–Trinajstić information content (AvgIpc) is 2.89. The second-order valence-electron chi connectivity index (χ2n) is 7.98. The Hall–Kier alpha value is -4.27. The van der Waals surface area contributed by atoms with Crippen molar-refractivity contribution in [2.75, 3.05) is 27.9 Å². The van der Waals surface area contributed by atoms with Crippen LogP contribution in [-0.2, 0) is 11.2 Å². The summed E-state index contributed by atoms with van der Waals surface area (Å²) in [5.41, 5.74) is 1.57. The Bertz CT molecular complexity index is 1210. The van der Waals surface area contributed by atoms with Gasteiger partial charge >= 0.3 is 0 Å². The van der Waals surface area contributed by atoms with E-state index in [0.717, 1.165) is 5.56 Å². The molecule has 3 aromatic carbocycles. The molecule has 0 radical (unpaired) electrons. The van der Waals surface area contributed by atoms with Crippen LogP contribution in [0.1, 0.15) is 17.2 Å². The summed E-state index contributed by atoms with van der Waals surface area (Å²) in [4.78, 5) is 25.7. The average molecular weight is 479 g/mol.